The zero-order valence-corrected chi connectivity index (χ0v) is 11.6. The molecule has 1 atom stereocenters. The average molecular weight is 327 g/mol. The minimum atomic E-state index is -4.56. The molecule has 2 rings (SSSR count). The van der Waals surface area contributed by atoms with E-state index >= 15 is 0 Å². The maximum Gasteiger partial charge on any atom is 0.417 e. The monoisotopic (exact) mass is 327 g/mol. The number of amides is 1. The molecule has 0 saturated carbocycles. The van der Waals surface area contributed by atoms with Crippen LogP contribution in [0.15, 0.2) is 30.5 Å². The highest BCUT2D eigenvalue weighted by Gasteiger charge is 2.32. The summed E-state index contributed by atoms with van der Waals surface area (Å²) in [5.41, 5.74) is 4.11. The van der Waals surface area contributed by atoms with Gasteiger partial charge in [0.25, 0.3) is 0 Å². The number of rotatable bonds is 5. The van der Waals surface area contributed by atoms with Crippen LogP contribution < -0.4 is 11.1 Å². The van der Waals surface area contributed by atoms with Crippen molar-refractivity contribution in [1.82, 2.24) is 4.98 Å². The topological polar surface area (TPSA) is 105 Å². The number of aliphatic carboxylic acids is 1. The van der Waals surface area contributed by atoms with Gasteiger partial charge in [0.2, 0.25) is 5.91 Å². The summed E-state index contributed by atoms with van der Waals surface area (Å²) in [6, 6.07) is 3.29. The van der Waals surface area contributed by atoms with Crippen LogP contribution in [0.3, 0.4) is 0 Å². The Bertz CT molecular complexity index is 762. The smallest absolute Gasteiger partial charge is 0.417 e. The number of primary amides is 1. The first-order chi connectivity index (χ1) is 10.7. The highest BCUT2D eigenvalue weighted by Crippen LogP contribution is 2.36. The Balaban J connectivity index is 2.50. The van der Waals surface area contributed by atoms with E-state index < -0.39 is 36.1 Å². The second kappa shape index (κ2) is 6.11. The summed E-state index contributed by atoms with van der Waals surface area (Å²) in [6.07, 6.45) is -3.95. The highest BCUT2D eigenvalue weighted by atomic mass is 19.4. The van der Waals surface area contributed by atoms with Gasteiger partial charge in [-0.3, -0.25) is 4.79 Å². The van der Waals surface area contributed by atoms with E-state index in [9.17, 15) is 22.8 Å². The van der Waals surface area contributed by atoms with Crippen molar-refractivity contribution in [1.29, 1.82) is 0 Å². The minimum absolute atomic E-state index is 0.0674. The third-order valence-corrected chi connectivity index (χ3v) is 3.13. The quantitative estimate of drug-likeness (QED) is 0.779. The van der Waals surface area contributed by atoms with Crippen molar-refractivity contribution in [3.63, 3.8) is 0 Å². The van der Waals surface area contributed by atoms with Gasteiger partial charge in [-0.25, -0.2) is 9.78 Å². The molecule has 122 valence electrons. The molecule has 1 aromatic heterocycles. The third-order valence-electron chi connectivity index (χ3n) is 3.13. The number of nitrogens with one attached hydrogen (secondary N) is 1. The first-order valence-electron chi connectivity index (χ1n) is 6.42. The molecular formula is C14H12F3N3O3. The predicted octanol–water partition coefficient (Wildman–Crippen LogP) is 1.99. The van der Waals surface area contributed by atoms with Crippen molar-refractivity contribution in [3.05, 3.63) is 36.0 Å². The Morgan fingerprint density at radius 3 is 2.52 bits per heavy atom. The SMILES string of the molecule is NC(=O)CC(Nc1nccc2c(C(F)(F)F)cccc12)C(=O)O. The Kier molecular flexibility index (Phi) is 4.39. The van der Waals surface area contributed by atoms with Crippen LogP contribution in [0.1, 0.15) is 12.0 Å². The van der Waals surface area contributed by atoms with Gasteiger partial charge in [0, 0.05) is 11.6 Å². The fourth-order valence-corrected chi connectivity index (χ4v) is 2.14. The maximum absolute atomic E-state index is 13.0. The van der Waals surface area contributed by atoms with Crippen molar-refractivity contribution in [2.75, 3.05) is 5.32 Å². The number of aromatic nitrogens is 1. The van der Waals surface area contributed by atoms with Gasteiger partial charge < -0.3 is 16.2 Å². The summed E-state index contributed by atoms with van der Waals surface area (Å²) in [4.78, 5) is 25.9. The van der Waals surface area contributed by atoms with E-state index in [4.69, 9.17) is 10.8 Å². The van der Waals surface area contributed by atoms with Crippen LogP contribution in [0, 0.1) is 0 Å². The molecule has 1 unspecified atom stereocenters. The molecule has 0 aliphatic carbocycles. The van der Waals surface area contributed by atoms with Crippen molar-refractivity contribution < 1.29 is 27.9 Å². The number of carbonyl (C=O) groups excluding carboxylic acids is 1. The normalized spacial score (nSPS) is 12.8. The Morgan fingerprint density at radius 1 is 1.26 bits per heavy atom. The van der Waals surface area contributed by atoms with Crippen LogP contribution in [0.25, 0.3) is 10.8 Å². The van der Waals surface area contributed by atoms with E-state index in [1.54, 1.807) is 0 Å². The summed E-state index contributed by atoms with van der Waals surface area (Å²) in [5, 5.41) is 11.5. The average Bonchev–Trinajstić information content (AvgIpc) is 2.44. The Labute approximate surface area is 128 Å². The number of alkyl halides is 3. The molecule has 0 bridgehead atoms. The van der Waals surface area contributed by atoms with Gasteiger partial charge in [-0.1, -0.05) is 12.1 Å². The third kappa shape index (κ3) is 3.68. The van der Waals surface area contributed by atoms with E-state index in [2.05, 4.69) is 10.3 Å². The number of anilines is 1. The lowest BCUT2D eigenvalue weighted by Gasteiger charge is -2.16. The summed E-state index contributed by atoms with van der Waals surface area (Å²) >= 11 is 0. The van der Waals surface area contributed by atoms with Gasteiger partial charge in [0.15, 0.2) is 0 Å². The van der Waals surface area contributed by atoms with E-state index in [-0.39, 0.29) is 16.6 Å². The second-order valence-corrected chi connectivity index (χ2v) is 4.76. The molecule has 0 radical (unpaired) electrons. The zero-order valence-electron chi connectivity index (χ0n) is 11.6. The number of fused-ring (bicyclic) bond motifs is 1. The minimum Gasteiger partial charge on any atom is -0.480 e. The van der Waals surface area contributed by atoms with Crippen molar-refractivity contribution in [3.8, 4) is 0 Å². The second-order valence-electron chi connectivity index (χ2n) is 4.76. The molecule has 0 aliphatic heterocycles. The van der Waals surface area contributed by atoms with E-state index in [1.807, 2.05) is 0 Å². The van der Waals surface area contributed by atoms with Crippen LogP contribution in [0.5, 0.6) is 0 Å². The van der Waals surface area contributed by atoms with E-state index in [1.165, 1.54) is 18.2 Å². The van der Waals surface area contributed by atoms with Gasteiger partial charge in [-0.05, 0) is 17.5 Å². The van der Waals surface area contributed by atoms with Crippen LogP contribution >= 0.6 is 0 Å². The van der Waals surface area contributed by atoms with Crippen LogP contribution in [-0.4, -0.2) is 28.0 Å². The number of halogens is 3. The van der Waals surface area contributed by atoms with Gasteiger partial charge in [0.1, 0.15) is 11.9 Å². The predicted molar refractivity (Wildman–Crippen MR) is 75.6 cm³/mol. The number of pyridine rings is 1. The zero-order chi connectivity index (χ0) is 17.2. The number of carboxylic acids is 1. The molecule has 0 aliphatic rings. The Morgan fingerprint density at radius 2 is 1.96 bits per heavy atom. The number of carboxylic acid groups (broad SMARTS) is 1. The number of hydrogen-bond acceptors (Lipinski definition) is 4. The van der Waals surface area contributed by atoms with Crippen molar-refractivity contribution >= 4 is 28.5 Å². The van der Waals surface area contributed by atoms with Crippen LogP contribution in [-0.2, 0) is 15.8 Å². The van der Waals surface area contributed by atoms with E-state index in [0.717, 1.165) is 12.3 Å². The highest BCUT2D eigenvalue weighted by molar-refractivity contribution is 5.96. The van der Waals surface area contributed by atoms with Crippen LogP contribution in [0.4, 0.5) is 19.0 Å². The van der Waals surface area contributed by atoms with Crippen molar-refractivity contribution in [2.45, 2.75) is 18.6 Å². The largest absolute Gasteiger partial charge is 0.480 e. The lowest BCUT2D eigenvalue weighted by atomic mass is 10.0. The molecule has 4 N–H and O–H groups in total. The first kappa shape index (κ1) is 16.5. The van der Waals surface area contributed by atoms with Gasteiger partial charge >= 0.3 is 12.1 Å². The molecule has 6 nitrogen and oxygen atoms in total. The molecule has 2 aromatic rings. The number of carbonyl (C=O) groups is 2. The fourth-order valence-electron chi connectivity index (χ4n) is 2.14. The van der Waals surface area contributed by atoms with Crippen molar-refractivity contribution in [2.24, 2.45) is 5.73 Å². The molecular weight excluding hydrogens is 315 g/mol. The number of hydrogen-bond donors (Lipinski definition) is 3. The number of benzene rings is 1. The lowest BCUT2D eigenvalue weighted by Crippen LogP contribution is -2.34. The summed E-state index contributed by atoms with van der Waals surface area (Å²) in [5.74, 6) is -2.29. The summed E-state index contributed by atoms with van der Waals surface area (Å²) in [6.45, 7) is 0. The standard InChI is InChI=1S/C14H12F3N3O3/c15-14(16,17)9-3-1-2-8-7(9)4-5-19-12(8)20-10(13(22)23)6-11(18)21/h1-5,10H,6H2,(H2,18,21)(H,19,20)(H,22,23). The van der Waals surface area contributed by atoms with Gasteiger partial charge in [0.05, 0.1) is 12.0 Å². The fraction of sp³-hybridized carbons (Fsp3) is 0.214. The molecule has 1 aromatic carbocycles. The molecule has 1 amide bonds. The van der Waals surface area contributed by atoms with Gasteiger partial charge in [-0.2, -0.15) is 13.2 Å². The molecule has 0 saturated heterocycles. The summed E-state index contributed by atoms with van der Waals surface area (Å²) in [7, 11) is 0. The summed E-state index contributed by atoms with van der Waals surface area (Å²) < 4.78 is 39.0. The van der Waals surface area contributed by atoms with Crippen LogP contribution in [0.2, 0.25) is 0 Å². The van der Waals surface area contributed by atoms with Gasteiger partial charge in [-0.15, -0.1) is 0 Å². The molecule has 1 heterocycles. The number of nitrogens with two attached hydrogens (primary N) is 1. The molecule has 0 fully saturated rings. The molecule has 9 heteroatoms. The Hall–Kier alpha value is -2.84. The maximum atomic E-state index is 13.0. The molecule has 23 heavy (non-hydrogen) atoms. The first-order valence-corrected chi connectivity index (χ1v) is 6.42. The lowest BCUT2D eigenvalue weighted by molar-refractivity contribution is -0.139. The number of nitrogens with zero attached hydrogens (tertiary/aromatic N) is 1. The van der Waals surface area contributed by atoms with E-state index in [0.29, 0.717) is 0 Å². The molecule has 0 spiro atoms.